The number of fused-ring (bicyclic) bond motifs is 1. The molecule has 1 heterocycles. The molecule has 0 N–H and O–H groups in total. The molecule has 0 fully saturated rings. The Morgan fingerprint density at radius 2 is 1.85 bits per heavy atom. The number of aryl methyl sites for hydroxylation is 1. The van der Waals surface area contributed by atoms with E-state index in [1.54, 1.807) is 13.0 Å². The van der Waals surface area contributed by atoms with E-state index in [1.807, 2.05) is 0 Å². The van der Waals surface area contributed by atoms with Gasteiger partial charge in [-0.3, -0.25) is 0 Å². The third-order valence-electron chi connectivity index (χ3n) is 2.34. The molecule has 0 amide bonds. The van der Waals surface area contributed by atoms with E-state index in [4.69, 9.17) is 4.42 Å². The summed E-state index contributed by atoms with van der Waals surface area (Å²) in [6.45, 7) is 1.63. The van der Waals surface area contributed by atoms with Crippen LogP contribution in [0, 0.1) is 6.92 Å². The molecule has 0 aliphatic carbocycles. The van der Waals surface area contributed by atoms with Crippen molar-refractivity contribution in [1.29, 1.82) is 0 Å². The average Bonchev–Trinajstić information content (AvgIpc) is 2.28. The van der Waals surface area contributed by atoms with E-state index in [1.165, 1.54) is 12.1 Å². The Kier molecular flexibility index (Phi) is 3.24. The van der Waals surface area contributed by atoms with Crippen molar-refractivity contribution < 1.29 is 30.2 Å². The normalized spacial score (nSPS) is 12.6. The second-order valence-electron chi connectivity index (χ2n) is 3.91. The van der Waals surface area contributed by atoms with E-state index in [2.05, 4.69) is 4.18 Å². The molecule has 0 aliphatic heterocycles. The van der Waals surface area contributed by atoms with Crippen LogP contribution in [0.3, 0.4) is 0 Å². The van der Waals surface area contributed by atoms with Gasteiger partial charge < -0.3 is 8.60 Å². The van der Waals surface area contributed by atoms with Crippen molar-refractivity contribution >= 4 is 21.1 Å². The van der Waals surface area contributed by atoms with Crippen molar-refractivity contribution in [3.8, 4) is 5.75 Å². The van der Waals surface area contributed by atoms with E-state index in [0.29, 0.717) is 11.6 Å². The van der Waals surface area contributed by atoms with Gasteiger partial charge >= 0.3 is 21.3 Å². The topological polar surface area (TPSA) is 73.6 Å². The Balaban J connectivity index is 2.66. The number of hydrogen-bond acceptors (Lipinski definition) is 5. The fourth-order valence-corrected chi connectivity index (χ4v) is 1.95. The molecule has 0 spiro atoms. The fraction of sp³-hybridized carbons (Fsp3) is 0.182. The lowest BCUT2D eigenvalue weighted by molar-refractivity contribution is -0.0499. The monoisotopic (exact) mass is 308 g/mol. The SMILES string of the molecule is Cc1ccc2oc(=O)cc(OS(=O)(=O)C(F)(F)F)c2c1. The lowest BCUT2D eigenvalue weighted by Crippen LogP contribution is -2.28. The van der Waals surface area contributed by atoms with Crippen molar-refractivity contribution in [3.05, 3.63) is 40.2 Å². The molecule has 1 aromatic carbocycles. The molecule has 0 saturated carbocycles. The highest BCUT2D eigenvalue weighted by Gasteiger charge is 2.48. The number of halogens is 3. The van der Waals surface area contributed by atoms with Crippen LogP contribution in [-0.4, -0.2) is 13.9 Å². The van der Waals surface area contributed by atoms with Crippen molar-refractivity contribution in [2.75, 3.05) is 0 Å². The highest BCUT2D eigenvalue weighted by Crippen LogP contribution is 2.31. The zero-order valence-corrected chi connectivity index (χ0v) is 10.7. The smallest absolute Gasteiger partial charge is 0.422 e. The summed E-state index contributed by atoms with van der Waals surface area (Å²) in [7, 11) is -5.85. The molecule has 9 heteroatoms. The molecule has 0 saturated heterocycles. The molecule has 2 aromatic rings. The first-order chi connectivity index (χ1) is 9.10. The van der Waals surface area contributed by atoms with Gasteiger partial charge in [-0.15, -0.1) is 0 Å². The minimum Gasteiger partial charge on any atom is -0.422 e. The Bertz CT molecular complexity index is 820. The summed E-state index contributed by atoms with van der Waals surface area (Å²) in [6, 6.07) is 4.77. The lowest BCUT2D eigenvalue weighted by atomic mass is 10.1. The molecule has 0 bridgehead atoms. The van der Waals surface area contributed by atoms with Crippen LogP contribution in [0.15, 0.2) is 33.5 Å². The summed E-state index contributed by atoms with van der Waals surface area (Å²) in [5, 5.41) is -0.0441. The maximum Gasteiger partial charge on any atom is 0.534 e. The van der Waals surface area contributed by atoms with Crippen molar-refractivity contribution in [2.45, 2.75) is 12.4 Å². The van der Waals surface area contributed by atoms with Crippen LogP contribution in [0.5, 0.6) is 5.75 Å². The molecule has 108 valence electrons. The van der Waals surface area contributed by atoms with Gasteiger partial charge in [0.25, 0.3) is 0 Å². The molecule has 0 unspecified atom stereocenters. The lowest BCUT2D eigenvalue weighted by Gasteiger charge is -2.10. The fourth-order valence-electron chi connectivity index (χ4n) is 1.48. The van der Waals surface area contributed by atoms with Crippen LogP contribution in [0.25, 0.3) is 11.0 Å². The van der Waals surface area contributed by atoms with E-state index in [-0.39, 0.29) is 11.0 Å². The number of alkyl halides is 3. The molecule has 5 nitrogen and oxygen atoms in total. The minimum atomic E-state index is -5.85. The summed E-state index contributed by atoms with van der Waals surface area (Å²) in [5.41, 5.74) is -6.05. The zero-order valence-electron chi connectivity index (χ0n) is 9.89. The quantitative estimate of drug-likeness (QED) is 0.483. The molecule has 0 atom stereocenters. The van der Waals surface area contributed by atoms with E-state index >= 15 is 0 Å². The highest BCUT2D eigenvalue weighted by atomic mass is 32.2. The molecule has 0 aliphatic rings. The third-order valence-corrected chi connectivity index (χ3v) is 3.31. The van der Waals surface area contributed by atoms with Crippen LogP contribution in [-0.2, 0) is 10.1 Å². The van der Waals surface area contributed by atoms with Gasteiger partial charge in [0, 0.05) is 0 Å². The largest absolute Gasteiger partial charge is 0.534 e. The third kappa shape index (κ3) is 2.62. The summed E-state index contributed by atoms with van der Waals surface area (Å²) in [5.74, 6) is -0.725. The van der Waals surface area contributed by atoms with Gasteiger partial charge in [-0.25, -0.2) is 4.79 Å². The van der Waals surface area contributed by atoms with E-state index in [9.17, 15) is 26.4 Å². The molecule has 0 radical (unpaired) electrons. The summed E-state index contributed by atoms with van der Waals surface area (Å²) >= 11 is 0. The van der Waals surface area contributed by atoms with Crippen LogP contribution < -0.4 is 9.81 Å². The van der Waals surface area contributed by atoms with Crippen LogP contribution in [0.2, 0.25) is 0 Å². The second kappa shape index (κ2) is 4.51. The first-order valence-electron chi connectivity index (χ1n) is 5.15. The first kappa shape index (κ1) is 14.4. The van der Waals surface area contributed by atoms with Gasteiger partial charge in [0.2, 0.25) is 0 Å². The molecular formula is C11H7F3O5S. The number of benzene rings is 1. The minimum absolute atomic E-state index is 0.0441. The molecular weight excluding hydrogens is 301 g/mol. The van der Waals surface area contributed by atoms with Crippen molar-refractivity contribution in [2.24, 2.45) is 0 Å². The highest BCUT2D eigenvalue weighted by molar-refractivity contribution is 7.88. The van der Waals surface area contributed by atoms with Crippen LogP contribution in [0.4, 0.5) is 13.2 Å². The Morgan fingerprint density at radius 1 is 1.20 bits per heavy atom. The Morgan fingerprint density at radius 3 is 2.45 bits per heavy atom. The summed E-state index contributed by atoms with van der Waals surface area (Å²) in [4.78, 5) is 11.2. The Hall–Kier alpha value is -2.03. The van der Waals surface area contributed by atoms with Gasteiger partial charge in [0.15, 0.2) is 5.75 Å². The van der Waals surface area contributed by atoms with Gasteiger partial charge in [-0.2, -0.15) is 21.6 Å². The summed E-state index contributed by atoms with van der Waals surface area (Å²) in [6.07, 6.45) is 0. The molecule has 2 rings (SSSR count). The predicted molar refractivity (Wildman–Crippen MR) is 62.8 cm³/mol. The first-order valence-corrected chi connectivity index (χ1v) is 6.56. The van der Waals surface area contributed by atoms with Gasteiger partial charge in [0.1, 0.15) is 5.58 Å². The molecule has 20 heavy (non-hydrogen) atoms. The van der Waals surface area contributed by atoms with E-state index in [0.717, 1.165) is 0 Å². The van der Waals surface area contributed by atoms with Crippen LogP contribution in [0.1, 0.15) is 5.56 Å². The second-order valence-corrected chi connectivity index (χ2v) is 5.45. The summed E-state index contributed by atoms with van der Waals surface area (Å²) < 4.78 is 67.6. The maximum absolute atomic E-state index is 12.3. The van der Waals surface area contributed by atoms with Gasteiger partial charge in [-0.1, -0.05) is 11.6 Å². The standard InChI is InChI=1S/C11H7F3O5S/c1-6-2-3-8-7(4-6)9(5-10(15)18-8)19-20(16,17)11(12,13)14/h2-5H,1H3. The van der Waals surface area contributed by atoms with E-state index < -0.39 is 27.0 Å². The van der Waals surface area contributed by atoms with Crippen molar-refractivity contribution in [1.82, 2.24) is 0 Å². The zero-order chi connectivity index (χ0) is 15.1. The molecule has 1 aromatic heterocycles. The van der Waals surface area contributed by atoms with Gasteiger partial charge in [-0.05, 0) is 19.1 Å². The number of rotatable bonds is 2. The predicted octanol–water partition coefficient (Wildman–Crippen LogP) is 2.33. The van der Waals surface area contributed by atoms with Gasteiger partial charge in [0.05, 0.1) is 11.5 Å². The van der Waals surface area contributed by atoms with Crippen molar-refractivity contribution in [3.63, 3.8) is 0 Å². The number of hydrogen-bond donors (Lipinski definition) is 0. The average molecular weight is 308 g/mol. The van der Waals surface area contributed by atoms with Crippen LogP contribution >= 0.6 is 0 Å². The Labute approximate surface area is 110 Å². The maximum atomic E-state index is 12.3.